The molecular weight excluding hydrogens is 305 g/mol. The lowest BCUT2D eigenvalue weighted by atomic mass is 10.1. The van der Waals surface area contributed by atoms with Gasteiger partial charge in [0, 0.05) is 32.3 Å². The molecule has 126 valence electrons. The molecule has 0 spiro atoms. The highest BCUT2D eigenvalue weighted by Crippen LogP contribution is 2.18. The van der Waals surface area contributed by atoms with E-state index in [1.165, 1.54) is 25.0 Å². The Balaban J connectivity index is 1.47. The van der Waals surface area contributed by atoms with Gasteiger partial charge in [-0.15, -0.1) is 0 Å². The van der Waals surface area contributed by atoms with Gasteiger partial charge in [0.2, 0.25) is 5.91 Å². The minimum absolute atomic E-state index is 0.00106. The summed E-state index contributed by atoms with van der Waals surface area (Å²) in [6.07, 6.45) is 5.24. The Labute approximate surface area is 141 Å². The minimum Gasteiger partial charge on any atom is -0.357 e. The van der Waals surface area contributed by atoms with Crippen molar-refractivity contribution in [1.29, 1.82) is 0 Å². The number of aromatic nitrogens is 1. The first-order valence-electron chi connectivity index (χ1n) is 8.42. The molecule has 1 aromatic carbocycles. The van der Waals surface area contributed by atoms with Crippen LogP contribution in [0.5, 0.6) is 0 Å². The van der Waals surface area contributed by atoms with E-state index in [4.69, 9.17) is 0 Å². The van der Waals surface area contributed by atoms with Crippen LogP contribution in [-0.2, 0) is 17.8 Å². The number of carbonyl (C=O) groups is 1. The molecule has 1 fully saturated rings. The number of carbonyl (C=O) groups excluding carboxylic acids is 1. The fourth-order valence-electron chi connectivity index (χ4n) is 2.89. The summed E-state index contributed by atoms with van der Waals surface area (Å²) in [6.45, 7) is 2.62. The summed E-state index contributed by atoms with van der Waals surface area (Å²) in [5.74, 6) is 0.735. The van der Waals surface area contributed by atoms with E-state index in [0.717, 1.165) is 30.0 Å². The van der Waals surface area contributed by atoms with Crippen LogP contribution >= 0.6 is 0 Å². The van der Waals surface area contributed by atoms with Gasteiger partial charge in [0.25, 0.3) is 0 Å². The summed E-state index contributed by atoms with van der Waals surface area (Å²) < 4.78 is 12.9. The summed E-state index contributed by atoms with van der Waals surface area (Å²) in [4.78, 5) is 18.7. The molecule has 1 amide bonds. The number of aryl methyl sites for hydroxylation is 1. The van der Waals surface area contributed by atoms with Crippen molar-refractivity contribution < 1.29 is 9.18 Å². The number of benzene rings is 1. The van der Waals surface area contributed by atoms with Crippen molar-refractivity contribution in [2.24, 2.45) is 0 Å². The molecule has 24 heavy (non-hydrogen) atoms. The SMILES string of the molecule is O=C(CCc1ccc(F)cc1)NCc1ccnc(N2CCCC2)c1. The van der Waals surface area contributed by atoms with E-state index in [-0.39, 0.29) is 11.7 Å². The van der Waals surface area contributed by atoms with Gasteiger partial charge >= 0.3 is 0 Å². The van der Waals surface area contributed by atoms with Crippen molar-refractivity contribution in [1.82, 2.24) is 10.3 Å². The molecular formula is C19H22FN3O. The molecule has 1 aliphatic rings. The monoisotopic (exact) mass is 327 g/mol. The van der Waals surface area contributed by atoms with Crippen molar-refractivity contribution in [3.63, 3.8) is 0 Å². The van der Waals surface area contributed by atoms with Gasteiger partial charge in [-0.1, -0.05) is 12.1 Å². The van der Waals surface area contributed by atoms with E-state index in [1.54, 1.807) is 18.3 Å². The molecule has 5 heteroatoms. The zero-order chi connectivity index (χ0) is 16.8. The van der Waals surface area contributed by atoms with Crippen LogP contribution in [0, 0.1) is 5.82 Å². The number of pyridine rings is 1. The van der Waals surface area contributed by atoms with Gasteiger partial charge < -0.3 is 10.2 Å². The molecule has 2 heterocycles. The summed E-state index contributed by atoms with van der Waals surface area (Å²) in [7, 11) is 0. The van der Waals surface area contributed by atoms with E-state index < -0.39 is 0 Å². The number of rotatable bonds is 6. The quantitative estimate of drug-likeness (QED) is 0.887. The Bertz CT molecular complexity index is 681. The van der Waals surface area contributed by atoms with Gasteiger partial charge in [0.1, 0.15) is 11.6 Å². The van der Waals surface area contributed by atoms with Gasteiger partial charge in [-0.25, -0.2) is 9.37 Å². The van der Waals surface area contributed by atoms with E-state index in [0.29, 0.717) is 19.4 Å². The predicted molar refractivity (Wildman–Crippen MR) is 92.3 cm³/mol. The first-order valence-corrected chi connectivity index (χ1v) is 8.42. The molecule has 0 unspecified atom stereocenters. The van der Waals surface area contributed by atoms with E-state index >= 15 is 0 Å². The van der Waals surface area contributed by atoms with E-state index in [1.807, 2.05) is 12.1 Å². The largest absolute Gasteiger partial charge is 0.357 e. The van der Waals surface area contributed by atoms with Gasteiger partial charge in [-0.3, -0.25) is 4.79 Å². The van der Waals surface area contributed by atoms with Crippen LogP contribution in [-0.4, -0.2) is 24.0 Å². The Morgan fingerprint density at radius 2 is 1.88 bits per heavy atom. The summed E-state index contributed by atoms with van der Waals surface area (Å²) in [5.41, 5.74) is 2.02. The van der Waals surface area contributed by atoms with Crippen LogP contribution in [0.25, 0.3) is 0 Å². The smallest absolute Gasteiger partial charge is 0.220 e. The van der Waals surface area contributed by atoms with Crippen LogP contribution in [0.1, 0.15) is 30.4 Å². The lowest BCUT2D eigenvalue weighted by Crippen LogP contribution is -2.24. The fourth-order valence-corrected chi connectivity index (χ4v) is 2.89. The Hall–Kier alpha value is -2.43. The molecule has 3 rings (SSSR count). The third-order valence-corrected chi connectivity index (χ3v) is 4.28. The number of hydrogen-bond acceptors (Lipinski definition) is 3. The van der Waals surface area contributed by atoms with Crippen molar-refractivity contribution in [2.75, 3.05) is 18.0 Å². The lowest BCUT2D eigenvalue weighted by molar-refractivity contribution is -0.121. The van der Waals surface area contributed by atoms with Crippen LogP contribution < -0.4 is 10.2 Å². The van der Waals surface area contributed by atoms with Crippen molar-refractivity contribution in [2.45, 2.75) is 32.2 Å². The first kappa shape index (κ1) is 16.4. The molecule has 0 radical (unpaired) electrons. The fraction of sp³-hybridized carbons (Fsp3) is 0.368. The maximum absolute atomic E-state index is 12.9. The van der Waals surface area contributed by atoms with Gasteiger partial charge in [-0.2, -0.15) is 0 Å². The second-order valence-electron chi connectivity index (χ2n) is 6.12. The highest BCUT2D eigenvalue weighted by Gasteiger charge is 2.13. The zero-order valence-corrected chi connectivity index (χ0v) is 13.7. The summed E-state index contributed by atoms with van der Waals surface area (Å²) in [5, 5.41) is 2.94. The van der Waals surface area contributed by atoms with Crippen LogP contribution in [0.2, 0.25) is 0 Å². The number of amides is 1. The van der Waals surface area contributed by atoms with Gasteiger partial charge in [-0.05, 0) is 54.7 Å². The van der Waals surface area contributed by atoms with Crippen LogP contribution in [0.3, 0.4) is 0 Å². The molecule has 0 bridgehead atoms. The molecule has 0 atom stereocenters. The maximum atomic E-state index is 12.9. The summed E-state index contributed by atoms with van der Waals surface area (Å²) in [6, 6.07) is 10.3. The Morgan fingerprint density at radius 1 is 1.12 bits per heavy atom. The van der Waals surface area contributed by atoms with Crippen LogP contribution in [0.4, 0.5) is 10.2 Å². The highest BCUT2D eigenvalue weighted by molar-refractivity contribution is 5.76. The second kappa shape index (κ2) is 7.90. The highest BCUT2D eigenvalue weighted by atomic mass is 19.1. The minimum atomic E-state index is -0.255. The number of hydrogen-bond donors (Lipinski definition) is 1. The average Bonchev–Trinajstić information content (AvgIpc) is 3.14. The normalized spacial score (nSPS) is 14.0. The average molecular weight is 327 g/mol. The molecule has 4 nitrogen and oxygen atoms in total. The van der Waals surface area contributed by atoms with Gasteiger partial charge in [0.15, 0.2) is 0 Å². The standard InChI is InChI=1S/C19H22FN3O/c20-17-6-3-15(4-7-17)5-8-19(24)22-14-16-9-10-21-18(13-16)23-11-1-2-12-23/h3-4,6-7,9-10,13H,1-2,5,8,11-12,14H2,(H,22,24). The van der Waals surface area contributed by atoms with Crippen molar-refractivity contribution in [3.05, 3.63) is 59.5 Å². The number of anilines is 1. The lowest BCUT2D eigenvalue weighted by Gasteiger charge is -2.17. The molecule has 1 saturated heterocycles. The van der Waals surface area contributed by atoms with E-state index in [2.05, 4.69) is 15.2 Å². The van der Waals surface area contributed by atoms with Crippen LogP contribution in [0.15, 0.2) is 42.6 Å². The first-order chi connectivity index (χ1) is 11.7. The number of nitrogens with one attached hydrogen (secondary N) is 1. The van der Waals surface area contributed by atoms with Crippen molar-refractivity contribution in [3.8, 4) is 0 Å². The number of halogens is 1. The zero-order valence-electron chi connectivity index (χ0n) is 13.7. The second-order valence-corrected chi connectivity index (χ2v) is 6.12. The Kier molecular flexibility index (Phi) is 5.41. The Morgan fingerprint density at radius 3 is 2.62 bits per heavy atom. The van der Waals surface area contributed by atoms with E-state index in [9.17, 15) is 9.18 Å². The maximum Gasteiger partial charge on any atom is 0.220 e. The molecule has 1 aliphatic heterocycles. The third kappa shape index (κ3) is 4.54. The summed E-state index contributed by atoms with van der Waals surface area (Å²) >= 11 is 0. The topological polar surface area (TPSA) is 45.2 Å². The third-order valence-electron chi connectivity index (χ3n) is 4.28. The van der Waals surface area contributed by atoms with Crippen molar-refractivity contribution >= 4 is 11.7 Å². The molecule has 0 aliphatic carbocycles. The van der Waals surface area contributed by atoms with Gasteiger partial charge in [0.05, 0.1) is 0 Å². The molecule has 1 N–H and O–H groups in total. The molecule has 1 aromatic heterocycles. The molecule has 0 saturated carbocycles. The number of nitrogens with zero attached hydrogens (tertiary/aromatic N) is 2. The molecule has 2 aromatic rings. The predicted octanol–water partition coefficient (Wildman–Crippen LogP) is 3.07.